The lowest BCUT2D eigenvalue weighted by Gasteiger charge is -2.32. The summed E-state index contributed by atoms with van der Waals surface area (Å²) < 4.78 is 5.82. The molecule has 0 bridgehead atoms. The molecule has 0 saturated heterocycles. The van der Waals surface area contributed by atoms with Crippen LogP contribution in [0.3, 0.4) is 0 Å². The maximum absolute atomic E-state index is 6.39. The Balaban J connectivity index is 1.78. The van der Waals surface area contributed by atoms with Crippen molar-refractivity contribution in [3.63, 3.8) is 0 Å². The van der Waals surface area contributed by atoms with Crippen LogP contribution in [0, 0.1) is 0 Å². The second-order valence-electron chi connectivity index (χ2n) is 6.22. The van der Waals surface area contributed by atoms with Gasteiger partial charge in [-0.05, 0) is 42.7 Å². The number of rotatable bonds is 4. The molecule has 2 N–H and O–H groups in total. The molecule has 0 aromatic heterocycles. The molecule has 0 heterocycles. The van der Waals surface area contributed by atoms with E-state index in [-0.39, 0.29) is 11.0 Å². The van der Waals surface area contributed by atoms with E-state index in [0.717, 1.165) is 24.3 Å². The fraction of sp³-hybridized carbons (Fsp3) is 0.333. The lowest BCUT2D eigenvalue weighted by Crippen LogP contribution is -2.43. The molecule has 1 aliphatic rings. The predicted molar refractivity (Wildman–Crippen MR) is 82.1 cm³/mol. The van der Waals surface area contributed by atoms with Crippen LogP contribution in [0.4, 0.5) is 0 Å². The van der Waals surface area contributed by atoms with Crippen molar-refractivity contribution < 1.29 is 4.74 Å². The summed E-state index contributed by atoms with van der Waals surface area (Å²) in [6, 6.07) is 18.1. The van der Waals surface area contributed by atoms with Crippen molar-refractivity contribution in [2.24, 2.45) is 5.73 Å². The highest BCUT2D eigenvalue weighted by Crippen LogP contribution is 2.49. The van der Waals surface area contributed by atoms with E-state index in [9.17, 15) is 0 Å². The Morgan fingerprint density at radius 1 is 0.900 bits per heavy atom. The van der Waals surface area contributed by atoms with Crippen LogP contribution in [0.2, 0.25) is 0 Å². The highest BCUT2D eigenvalue weighted by molar-refractivity contribution is 5.38. The van der Waals surface area contributed by atoms with Crippen LogP contribution < -0.4 is 10.5 Å². The predicted octanol–water partition coefficient (Wildman–Crippen LogP) is 4.25. The lowest BCUT2D eigenvalue weighted by atomic mass is 9.76. The van der Waals surface area contributed by atoms with Gasteiger partial charge in [0.25, 0.3) is 0 Å². The van der Waals surface area contributed by atoms with E-state index in [0.29, 0.717) is 0 Å². The first-order chi connectivity index (χ1) is 9.51. The second-order valence-corrected chi connectivity index (χ2v) is 6.22. The number of hydrogen-bond donors (Lipinski definition) is 1. The van der Waals surface area contributed by atoms with Crippen LogP contribution in [0.1, 0.15) is 32.3 Å². The molecular formula is C18H21NO. The molecule has 2 heteroatoms. The molecule has 2 aromatic rings. The van der Waals surface area contributed by atoms with E-state index < -0.39 is 0 Å². The van der Waals surface area contributed by atoms with Crippen molar-refractivity contribution >= 4 is 0 Å². The summed E-state index contributed by atoms with van der Waals surface area (Å²) in [6.07, 6.45) is 2.23. The van der Waals surface area contributed by atoms with Crippen molar-refractivity contribution in [1.82, 2.24) is 0 Å². The van der Waals surface area contributed by atoms with Gasteiger partial charge in [0.15, 0.2) is 0 Å². The third kappa shape index (κ3) is 2.32. The zero-order chi connectivity index (χ0) is 14.2. The molecule has 0 aliphatic heterocycles. The topological polar surface area (TPSA) is 35.2 Å². The van der Waals surface area contributed by atoms with Crippen molar-refractivity contribution in [1.29, 1.82) is 0 Å². The molecule has 1 fully saturated rings. The van der Waals surface area contributed by atoms with Crippen molar-refractivity contribution in [3.05, 3.63) is 60.2 Å². The first kappa shape index (κ1) is 13.2. The summed E-state index contributed by atoms with van der Waals surface area (Å²) in [5.74, 6) is 1.72. The smallest absolute Gasteiger partial charge is 0.127 e. The van der Waals surface area contributed by atoms with E-state index in [1.807, 2.05) is 42.5 Å². The van der Waals surface area contributed by atoms with Gasteiger partial charge in [0.1, 0.15) is 11.5 Å². The molecule has 0 amide bonds. The molecule has 0 unspecified atom stereocenters. The van der Waals surface area contributed by atoms with Gasteiger partial charge in [0, 0.05) is 11.0 Å². The molecule has 0 radical (unpaired) electrons. The van der Waals surface area contributed by atoms with Crippen molar-refractivity contribution in [2.75, 3.05) is 0 Å². The van der Waals surface area contributed by atoms with Gasteiger partial charge in [0.2, 0.25) is 0 Å². The Hall–Kier alpha value is -1.80. The van der Waals surface area contributed by atoms with E-state index in [4.69, 9.17) is 10.5 Å². The minimum atomic E-state index is -0.0329. The molecule has 2 aromatic carbocycles. The van der Waals surface area contributed by atoms with E-state index in [1.165, 1.54) is 5.56 Å². The summed E-state index contributed by atoms with van der Waals surface area (Å²) in [4.78, 5) is 0. The van der Waals surface area contributed by atoms with E-state index in [2.05, 4.69) is 26.0 Å². The fourth-order valence-electron chi connectivity index (χ4n) is 2.61. The van der Waals surface area contributed by atoms with Crippen LogP contribution in [-0.4, -0.2) is 5.54 Å². The van der Waals surface area contributed by atoms with Crippen LogP contribution in [-0.2, 0) is 5.41 Å². The third-order valence-corrected chi connectivity index (χ3v) is 4.59. The summed E-state index contributed by atoms with van der Waals surface area (Å²) in [6.45, 7) is 4.46. The van der Waals surface area contributed by atoms with Gasteiger partial charge in [-0.2, -0.15) is 0 Å². The Labute approximate surface area is 120 Å². The van der Waals surface area contributed by atoms with Crippen molar-refractivity contribution in [2.45, 2.75) is 37.6 Å². The Morgan fingerprint density at radius 2 is 1.45 bits per heavy atom. The standard InChI is InChI=1S/C18H21NO/c1-17(2,18(19)12-13-18)14-8-10-16(11-9-14)20-15-6-4-3-5-7-15/h3-11H,12-13,19H2,1-2H3. The van der Waals surface area contributed by atoms with Gasteiger partial charge < -0.3 is 10.5 Å². The monoisotopic (exact) mass is 267 g/mol. The number of benzene rings is 2. The van der Waals surface area contributed by atoms with Crippen LogP contribution in [0.15, 0.2) is 54.6 Å². The molecular weight excluding hydrogens is 246 g/mol. The summed E-state index contributed by atoms with van der Waals surface area (Å²) in [5.41, 5.74) is 7.64. The van der Waals surface area contributed by atoms with Crippen LogP contribution in [0.25, 0.3) is 0 Å². The fourth-order valence-corrected chi connectivity index (χ4v) is 2.61. The summed E-state index contributed by atoms with van der Waals surface area (Å²) in [5, 5.41) is 0. The maximum atomic E-state index is 6.39. The molecule has 3 rings (SSSR count). The SMILES string of the molecule is CC(C)(c1ccc(Oc2ccccc2)cc1)C1(N)CC1. The van der Waals surface area contributed by atoms with Gasteiger partial charge in [-0.15, -0.1) is 0 Å². The largest absolute Gasteiger partial charge is 0.457 e. The quantitative estimate of drug-likeness (QED) is 0.899. The highest BCUT2D eigenvalue weighted by Gasteiger charge is 2.51. The Kier molecular flexibility index (Phi) is 3.06. The molecule has 104 valence electrons. The maximum Gasteiger partial charge on any atom is 0.127 e. The molecule has 0 atom stereocenters. The lowest BCUT2D eigenvalue weighted by molar-refractivity contribution is 0.390. The van der Waals surface area contributed by atoms with Crippen molar-refractivity contribution in [3.8, 4) is 11.5 Å². The normalized spacial score (nSPS) is 16.8. The first-order valence-corrected chi connectivity index (χ1v) is 7.14. The third-order valence-electron chi connectivity index (χ3n) is 4.59. The molecule has 0 spiro atoms. The molecule has 1 saturated carbocycles. The first-order valence-electron chi connectivity index (χ1n) is 7.14. The minimum absolute atomic E-state index is 0.0122. The van der Waals surface area contributed by atoms with Crippen LogP contribution in [0.5, 0.6) is 11.5 Å². The van der Waals surface area contributed by atoms with Gasteiger partial charge in [-0.25, -0.2) is 0 Å². The summed E-state index contributed by atoms with van der Waals surface area (Å²) >= 11 is 0. The molecule has 20 heavy (non-hydrogen) atoms. The highest BCUT2D eigenvalue weighted by atomic mass is 16.5. The van der Waals surface area contributed by atoms with E-state index >= 15 is 0 Å². The van der Waals surface area contributed by atoms with Gasteiger partial charge in [-0.3, -0.25) is 0 Å². The van der Waals surface area contributed by atoms with Gasteiger partial charge in [0.05, 0.1) is 0 Å². The minimum Gasteiger partial charge on any atom is -0.457 e. The number of hydrogen-bond acceptors (Lipinski definition) is 2. The second kappa shape index (κ2) is 4.64. The average Bonchev–Trinajstić information content (AvgIpc) is 3.20. The molecule has 1 aliphatic carbocycles. The van der Waals surface area contributed by atoms with Crippen LogP contribution >= 0.6 is 0 Å². The average molecular weight is 267 g/mol. The summed E-state index contributed by atoms with van der Waals surface area (Å²) in [7, 11) is 0. The van der Waals surface area contributed by atoms with Gasteiger partial charge >= 0.3 is 0 Å². The molecule has 2 nitrogen and oxygen atoms in total. The number of nitrogens with two attached hydrogens (primary N) is 1. The van der Waals surface area contributed by atoms with E-state index in [1.54, 1.807) is 0 Å². The zero-order valence-electron chi connectivity index (χ0n) is 12.1. The zero-order valence-corrected chi connectivity index (χ0v) is 12.1. The Morgan fingerprint density at radius 3 is 2.00 bits per heavy atom. The van der Waals surface area contributed by atoms with Gasteiger partial charge in [-0.1, -0.05) is 44.2 Å². The number of ether oxygens (including phenoxy) is 1. The Bertz CT molecular complexity index is 583. The number of para-hydroxylation sites is 1.